The summed E-state index contributed by atoms with van der Waals surface area (Å²) in [6.07, 6.45) is 3.51. The number of hydrogen-bond acceptors (Lipinski definition) is 4. The maximum atomic E-state index is 11.3. The number of carboxylic acid groups (broad SMARTS) is 1. The van der Waals surface area contributed by atoms with Gasteiger partial charge in [0.05, 0.1) is 5.52 Å². The monoisotopic (exact) mass is 260 g/mol. The van der Waals surface area contributed by atoms with Crippen LogP contribution in [0.2, 0.25) is 0 Å². The molecule has 1 aromatic carbocycles. The number of para-hydroxylation sites is 1. The van der Waals surface area contributed by atoms with Crippen LogP contribution in [0, 0.1) is 5.92 Å². The van der Waals surface area contributed by atoms with Crippen LogP contribution in [0.15, 0.2) is 35.6 Å². The van der Waals surface area contributed by atoms with E-state index in [2.05, 4.69) is 9.97 Å². The van der Waals surface area contributed by atoms with Gasteiger partial charge in [-0.1, -0.05) is 30.0 Å². The summed E-state index contributed by atoms with van der Waals surface area (Å²) < 4.78 is 0. The lowest BCUT2D eigenvalue weighted by Crippen LogP contribution is -2.18. The molecule has 0 bridgehead atoms. The fourth-order valence-corrected chi connectivity index (χ4v) is 3.16. The number of fused-ring (bicyclic) bond motifs is 1. The summed E-state index contributed by atoms with van der Waals surface area (Å²) in [6, 6.07) is 7.68. The van der Waals surface area contributed by atoms with Crippen molar-refractivity contribution in [2.45, 2.75) is 23.1 Å². The fraction of sp³-hybridized carbons (Fsp3) is 0.308. The van der Waals surface area contributed by atoms with Crippen molar-refractivity contribution >= 4 is 28.6 Å². The Kier molecular flexibility index (Phi) is 2.91. The summed E-state index contributed by atoms with van der Waals surface area (Å²) in [6.45, 7) is 0. The zero-order valence-corrected chi connectivity index (χ0v) is 10.4. The Morgan fingerprint density at radius 1 is 1.33 bits per heavy atom. The van der Waals surface area contributed by atoms with Gasteiger partial charge in [0.1, 0.15) is 16.6 Å². The van der Waals surface area contributed by atoms with Crippen LogP contribution in [0.5, 0.6) is 0 Å². The number of carboxylic acids is 1. The molecule has 0 radical (unpaired) electrons. The lowest BCUT2D eigenvalue weighted by Gasteiger charge is -2.11. The van der Waals surface area contributed by atoms with Crippen LogP contribution in [0.4, 0.5) is 0 Å². The molecule has 92 valence electrons. The number of rotatable bonds is 4. The summed E-state index contributed by atoms with van der Waals surface area (Å²) in [5, 5.41) is 10.6. The normalized spacial score (nSPS) is 16.7. The Labute approximate surface area is 108 Å². The second kappa shape index (κ2) is 4.57. The lowest BCUT2D eigenvalue weighted by molar-refractivity contribution is -0.136. The number of aliphatic carboxylic acids is 1. The van der Waals surface area contributed by atoms with Gasteiger partial charge < -0.3 is 5.11 Å². The Bertz CT molecular complexity index is 593. The smallest absolute Gasteiger partial charge is 0.317 e. The first-order valence-corrected chi connectivity index (χ1v) is 6.73. The molecule has 1 N–H and O–H groups in total. The summed E-state index contributed by atoms with van der Waals surface area (Å²) in [4.78, 5) is 19.7. The van der Waals surface area contributed by atoms with Gasteiger partial charge >= 0.3 is 5.97 Å². The molecule has 18 heavy (non-hydrogen) atoms. The third kappa shape index (κ3) is 2.18. The first-order chi connectivity index (χ1) is 8.75. The predicted octanol–water partition coefficient (Wildman–Crippen LogP) is 2.59. The average molecular weight is 260 g/mol. The Morgan fingerprint density at radius 3 is 2.83 bits per heavy atom. The quantitative estimate of drug-likeness (QED) is 0.676. The largest absolute Gasteiger partial charge is 0.480 e. The maximum absolute atomic E-state index is 11.3. The van der Waals surface area contributed by atoms with Gasteiger partial charge in [0.2, 0.25) is 0 Å². The second-order valence-corrected chi connectivity index (χ2v) is 5.54. The van der Waals surface area contributed by atoms with Gasteiger partial charge in [0.25, 0.3) is 0 Å². The standard InChI is InChI=1S/C13H12N2O2S/c16-13(17)11(8-5-6-8)18-12-9-3-1-2-4-10(9)14-7-15-12/h1-4,7-8,11H,5-6H2,(H,16,17). The highest BCUT2D eigenvalue weighted by Gasteiger charge is 2.37. The van der Waals surface area contributed by atoms with Crippen molar-refractivity contribution in [2.75, 3.05) is 0 Å². The molecule has 0 amide bonds. The Balaban J connectivity index is 1.96. The van der Waals surface area contributed by atoms with Crippen molar-refractivity contribution < 1.29 is 9.90 Å². The van der Waals surface area contributed by atoms with Crippen LogP contribution >= 0.6 is 11.8 Å². The van der Waals surface area contributed by atoms with Crippen molar-refractivity contribution in [3.63, 3.8) is 0 Å². The van der Waals surface area contributed by atoms with E-state index in [9.17, 15) is 9.90 Å². The van der Waals surface area contributed by atoms with Crippen LogP contribution in [0.1, 0.15) is 12.8 Å². The molecular weight excluding hydrogens is 248 g/mol. The van der Waals surface area contributed by atoms with Crippen LogP contribution < -0.4 is 0 Å². The number of thioether (sulfide) groups is 1. The molecule has 0 saturated heterocycles. The second-order valence-electron chi connectivity index (χ2n) is 4.41. The molecule has 4 nitrogen and oxygen atoms in total. The van der Waals surface area contributed by atoms with E-state index in [4.69, 9.17) is 0 Å². The average Bonchev–Trinajstić information content (AvgIpc) is 3.20. The van der Waals surface area contributed by atoms with Crippen LogP contribution in [0.3, 0.4) is 0 Å². The minimum Gasteiger partial charge on any atom is -0.480 e. The number of benzene rings is 1. The van der Waals surface area contributed by atoms with Crippen LogP contribution in [-0.4, -0.2) is 26.3 Å². The minimum absolute atomic E-state index is 0.293. The van der Waals surface area contributed by atoms with Gasteiger partial charge in [-0.2, -0.15) is 0 Å². The first kappa shape index (κ1) is 11.5. The van der Waals surface area contributed by atoms with Crippen molar-refractivity contribution in [1.29, 1.82) is 0 Å². The molecular formula is C13H12N2O2S. The molecule has 3 rings (SSSR count). The molecule has 1 aliphatic rings. The van der Waals surface area contributed by atoms with Crippen molar-refractivity contribution in [3.8, 4) is 0 Å². The number of nitrogens with zero attached hydrogens (tertiary/aromatic N) is 2. The molecule has 0 spiro atoms. The maximum Gasteiger partial charge on any atom is 0.317 e. The minimum atomic E-state index is -0.745. The highest BCUT2D eigenvalue weighted by molar-refractivity contribution is 8.00. The van der Waals surface area contributed by atoms with E-state index in [1.54, 1.807) is 0 Å². The topological polar surface area (TPSA) is 63.1 Å². The van der Waals surface area contributed by atoms with E-state index in [1.807, 2.05) is 24.3 Å². The van der Waals surface area contributed by atoms with Crippen molar-refractivity contribution in [1.82, 2.24) is 9.97 Å². The lowest BCUT2D eigenvalue weighted by atomic mass is 10.2. The van der Waals surface area contributed by atoms with Crippen LogP contribution in [0.25, 0.3) is 10.9 Å². The molecule has 1 fully saturated rings. The summed E-state index contributed by atoms with van der Waals surface area (Å²) in [7, 11) is 0. The van der Waals surface area contributed by atoms with Crippen molar-refractivity contribution in [2.24, 2.45) is 5.92 Å². The van der Waals surface area contributed by atoms with Gasteiger partial charge in [-0.05, 0) is 24.8 Å². The number of hydrogen-bond donors (Lipinski definition) is 1. The molecule has 1 aromatic heterocycles. The van der Waals surface area contributed by atoms with Gasteiger partial charge in [0, 0.05) is 5.39 Å². The van der Waals surface area contributed by atoms with E-state index in [1.165, 1.54) is 18.1 Å². The SMILES string of the molecule is O=C(O)C(Sc1ncnc2ccccc12)C1CC1. The zero-order valence-electron chi connectivity index (χ0n) is 9.61. The van der Waals surface area contributed by atoms with Gasteiger partial charge in [-0.3, -0.25) is 4.79 Å². The van der Waals surface area contributed by atoms with Gasteiger partial charge in [0.15, 0.2) is 0 Å². The van der Waals surface area contributed by atoms with E-state index in [-0.39, 0.29) is 5.25 Å². The van der Waals surface area contributed by atoms with E-state index >= 15 is 0 Å². The third-order valence-electron chi connectivity index (χ3n) is 3.04. The predicted molar refractivity (Wildman–Crippen MR) is 69.5 cm³/mol. The number of aromatic nitrogens is 2. The van der Waals surface area contributed by atoms with E-state index in [0.29, 0.717) is 5.92 Å². The molecule has 0 aliphatic heterocycles. The fourth-order valence-electron chi connectivity index (χ4n) is 1.94. The molecule has 1 heterocycles. The Hall–Kier alpha value is -1.62. The van der Waals surface area contributed by atoms with Gasteiger partial charge in [-0.25, -0.2) is 9.97 Å². The molecule has 1 saturated carbocycles. The highest BCUT2D eigenvalue weighted by atomic mass is 32.2. The van der Waals surface area contributed by atoms with E-state index < -0.39 is 5.97 Å². The Morgan fingerprint density at radius 2 is 2.11 bits per heavy atom. The summed E-state index contributed by atoms with van der Waals surface area (Å²) in [5.41, 5.74) is 0.856. The van der Waals surface area contributed by atoms with Crippen LogP contribution in [-0.2, 0) is 4.79 Å². The highest BCUT2D eigenvalue weighted by Crippen LogP contribution is 2.42. The first-order valence-electron chi connectivity index (χ1n) is 5.85. The molecule has 5 heteroatoms. The van der Waals surface area contributed by atoms with Crippen molar-refractivity contribution in [3.05, 3.63) is 30.6 Å². The van der Waals surface area contributed by atoms with E-state index in [0.717, 1.165) is 28.8 Å². The molecule has 2 aromatic rings. The number of carbonyl (C=O) groups is 1. The van der Waals surface area contributed by atoms with Gasteiger partial charge in [-0.15, -0.1) is 0 Å². The third-order valence-corrected chi connectivity index (χ3v) is 4.43. The zero-order chi connectivity index (χ0) is 12.5. The molecule has 1 aliphatic carbocycles. The molecule has 1 atom stereocenters. The summed E-state index contributed by atoms with van der Waals surface area (Å²) >= 11 is 1.35. The summed E-state index contributed by atoms with van der Waals surface area (Å²) in [5.74, 6) is -0.452. The molecule has 1 unspecified atom stereocenters.